The van der Waals surface area contributed by atoms with Gasteiger partial charge in [-0.15, -0.1) is 0 Å². The van der Waals surface area contributed by atoms with Crippen molar-refractivity contribution in [3.63, 3.8) is 0 Å². The number of benzene rings is 1. The Balaban J connectivity index is 1.54. The summed E-state index contributed by atoms with van der Waals surface area (Å²) in [6.07, 6.45) is 6.83. The number of hydrogen-bond acceptors (Lipinski definition) is 3. The van der Waals surface area contributed by atoms with Gasteiger partial charge in [0, 0.05) is 30.5 Å². The van der Waals surface area contributed by atoms with Gasteiger partial charge in [-0.05, 0) is 56.9 Å². The standard InChI is InChI=1S/C20H22N2O3/c1-2-13-11-16-7-8-17(12-13)21(16)20(25)14-3-5-15(6-4-14)22-18(23)9-10-19(22)24/h2-6,16-17H,7-12H2,1H3. The van der Waals surface area contributed by atoms with Crippen molar-refractivity contribution in [3.05, 3.63) is 41.5 Å². The SMILES string of the molecule is CC=C1CC2CCC(C1)N2C(=O)c1ccc(N2C(=O)CCC2=O)cc1. The second kappa shape index (κ2) is 6.14. The highest BCUT2D eigenvalue weighted by molar-refractivity contribution is 6.19. The van der Waals surface area contributed by atoms with Gasteiger partial charge in [-0.1, -0.05) is 11.6 Å². The van der Waals surface area contributed by atoms with Crippen LogP contribution in [0.25, 0.3) is 0 Å². The maximum Gasteiger partial charge on any atom is 0.254 e. The van der Waals surface area contributed by atoms with E-state index in [1.165, 1.54) is 10.5 Å². The Bertz CT molecular complexity index is 734. The predicted molar refractivity (Wildman–Crippen MR) is 94.1 cm³/mol. The number of rotatable bonds is 2. The summed E-state index contributed by atoms with van der Waals surface area (Å²) in [5.74, 6) is -0.276. The van der Waals surface area contributed by atoms with Gasteiger partial charge in [-0.2, -0.15) is 0 Å². The van der Waals surface area contributed by atoms with E-state index in [2.05, 4.69) is 13.0 Å². The molecule has 3 aliphatic heterocycles. The minimum atomic E-state index is -0.169. The Kier molecular flexibility index (Phi) is 3.94. The highest BCUT2D eigenvalue weighted by atomic mass is 16.2. The number of anilines is 1. The van der Waals surface area contributed by atoms with Crippen LogP contribution in [0.3, 0.4) is 0 Å². The monoisotopic (exact) mass is 338 g/mol. The van der Waals surface area contributed by atoms with Gasteiger partial charge < -0.3 is 4.90 Å². The lowest BCUT2D eigenvalue weighted by Gasteiger charge is -2.36. The zero-order valence-corrected chi connectivity index (χ0v) is 14.4. The van der Waals surface area contributed by atoms with Crippen molar-refractivity contribution in [3.8, 4) is 0 Å². The van der Waals surface area contributed by atoms with Gasteiger partial charge in [-0.25, -0.2) is 0 Å². The number of carbonyl (C=O) groups excluding carboxylic acids is 3. The average Bonchev–Trinajstić information content (AvgIpc) is 3.09. The number of hydrogen-bond donors (Lipinski definition) is 0. The average molecular weight is 338 g/mol. The van der Waals surface area contributed by atoms with E-state index in [9.17, 15) is 14.4 Å². The van der Waals surface area contributed by atoms with Crippen LogP contribution in [-0.2, 0) is 9.59 Å². The molecule has 0 radical (unpaired) electrons. The van der Waals surface area contributed by atoms with Crippen LogP contribution < -0.4 is 4.90 Å². The first kappa shape index (κ1) is 16.1. The van der Waals surface area contributed by atoms with Gasteiger partial charge in [-0.3, -0.25) is 19.3 Å². The molecule has 3 saturated heterocycles. The summed E-state index contributed by atoms with van der Waals surface area (Å²) >= 11 is 0. The summed E-state index contributed by atoms with van der Waals surface area (Å²) < 4.78 is 0. The molecule has 5 nitrogen and oxygen atoms in total. The first-order valence-corrected chi connectivity index (χ1v) is 9.01. The van der Waals surface area contributed by atoms with Crippen molar-refractivity contribution >= 4 is 23.4 Å². The van der Waals surface area contributed by atoms with E-state index in [0.717, 1.165) is 25.7 Å². The minimum Gasteiger partial charge on any atom is -0.332 e. The van der Waals surface area contributed by atoms with Crippen LogP contribution in [0.2, 0.25) is 0 Å². The third-order valence-corrected chi connectivity index (χ3v) is 5.68. The molecule has 0 spiro atoms. The molecule has 2 bridgehead atoms. The Hall–Kier alpha value is -2.43. The quantitative estimate of drug-likeness (QED) is 0.615. The summed E-state index contributed by atoms with van der Waals surface area (Å²) in [6.45, 7) is 2.08. The maximum atomic E-state index is 13.0. The first-order chi connectivity index (χ1) is 12.1. The number of piperidine rings is 1. The number of allylic oxidation sites excluding steroid dienone is 1. The number of amides is 3. The predicted octanol–water partition coefficient (Wildman–Crippen LogP) is 3.05. The van der Waals surface area contributed by atoms with Gasteiger partial charge in [0.15, 0.2) is 0 Å². The van der Waals surface area contributed by atoms with Crippen molar-refractivity contribution in [1.29, 1.82) is 0 Å². The van der Waals surface area contributed by atoms with Crippen molar-refractivity contribution in [1.82, 2.24) is 4.90 Å². The number of fused-ring (bicyclic) bond motifs is 2. The smallest absolute Gasteiger partial charge is 0.254 e. The second-order valence-corrected chi connectivity index (χ2v) is 7.12. The number of imide groups is 1. The summed E-state index contributed by atoms with van der Waals surface area (Å²) in [4.78, 5) is 39.9. The van der Waals surface area contributed by atoms with Gasteiger partial charge in [0.1, 0.15) is 0 Å². The van der Waals surface area contributed by atoms with E-state index in [-0.39, 0.29) is 30.6 Å². The largest absolute Gasteiger partial charge is 0.332 e. The molecule has 3 heterocycles. The minimum absolute atomic E-state index is 0.0632. The van der Waals surface area contributed by atoms with Crippen molar-refractivity contribution in [2.45, 2.75) is 57.5 Å². The summed E-state index contributed by atoms with van der Waals surface area (Å²) in [5.41, 5.74) is 2.64. The maximum absolute atomic E-state index is 13.0. The van der Waals surface area contributed by atoms with Gasteiger partial charge in [0.25, 0.3) is 5.91 Å². The molecule has 0 aromatic heterocycles. The van der Waals surface area contributed by atoms with Gasteiger partial charge in [0.05, 0.1) is 5.69 Å². The Morgan fingerprint density at radius 3 is 2.08 bits per heavy atom. The highest BCUT2D eigenvalue weighted by Crippen LogP contribution is 2.39. The molecule has 3 aliphatic rings. The number of nitrogens with zero attached hydrogens (tertiary/aromatic N) is 2. The third kappa shape index (κ3) is 2.68. The molecular weight excluding hydrogens is 316 g/mol. The van der Waals surface area contributed by atoms with Crippen LogP contribution >= 0.6 is 0 Å². The molecule has 25 heavy (non-hydrogen) atoms. The fourth-order valence-electron chi connectivity index (χ4n) is 4.38. The molecule has 1 aromatic carbocycles. The first-order valence-electron chi connectivity index (χ1n) is 9.01. The van der Waals surface area contributed by atoms with E-state index in [0.29, 0.717) is 23.3 Å². The molecule has 130 valence electrons. The lowest BCUT2D eigenvalue weighted by molar-refractivity contribution is -0.121. The van der Waals surface area contributed by atoms with E-state index in [4.69, 9.17) is 0 Å². The molecular formula is C20H22N2O3. The summed E-state index contributed by atoms with van der Waals surface area (Å²) in [6, 6.07) is 7.50. The molecule has 2 unspecified atom stereocenters. The van der Waals surface area contributed by atoms with E-state index in [1.54, 1.807) is 24.3 Å². The molecule has 3 fully saturated rings. The molecule has 2 atom stereocenters. The van der Waals surface area contributed by atoms with Gasteiger partial charge in [0.2, 0.25) is 11.8 Å². The van der Waals surface area contributed by atoms with Crippen LogP contribution in [0.15, 0.2) is 35.9 Å². The summed E-state index contributed by atoms with van der Waals surface area (Å²) in [5, 5.41) is 0. The van der Waals surface area contributed by atoms with Crippen LogP contribution in [0.4, 0.5) is 5.69 Å². The number of carbonyl (C=O) groups is 3. The van der Waals surface area contributed by atoms with Crippen LogP contribution in [-0.4, -0.2) is 34.7 Å². The van der Waals surface area contributed by atoms with E-state index in [1.807, 2.05) is 4.90 Å². The molecule has 4 rings (SSSR count). The fraction of sp³-hybridized carbons (Fsp3) is 0.450. The van der Waals surface area contributed by atoms with E-state index >= 15 is 0 Å². The van der Waals surface area contributed by atoms with E-state index < -0.39 is 0 Å². The van der Waals surface area contributed by atoms with Crippen LogP contribution in [0.1, 0.15) is 55.8 Å². The third-order valence-electron chi connectivity index (χ3n) is 5.68. The Labute approximate surface area is 147 Å². The van der Waals surface area contributed by atoms with Crippen LogP contribution in [0, 0.1) is 0 Å². The molecule has 0 aliphatic carbocycles. The van der Waals surface area contributed by atoms with Crippen molar-refractivity contribution in [2.75, 3.05) is 4.90 Å². The van der Waals surface area contributed by atoms with Crippen LogP contribution in [0.5, 0.6) is 0 Å². The lowest BCUT2D eigenvalue weighted by atomic mass is 9.95. The molecule has 0 N–H and O–H groups in total. The summed E-state index contributed by atoms with van der Waals surface area (Å²) in [7, 11) is 0. The Morgan fingerprint density at radius 2 is 1.56 bits per heavy atom. The van der Waals surface area contributed by atoms with Crippen molar-refractivity contribution in [2.24, 2.45) is 0 Å². The second-order valence-electron chi connectivity index (χ2n) is 7.12. The van der Waals surface area contributed by atoms with Gasteiger partial charge >= 0.3 is 0 Å². The topological polar surface area (TPSA) is 57.7 Å². The zero-order valence-electron chi connectivity index (χ0n) is 14.4. The molecule has 3 amide bonds. The van der Waals surface area contributed by atoms with Crippen molar-refractivity contribution < 1.29 is 14.4 Å². The highest BCUT2D eigenvalue weighted by Gasteiger charge is 2.41. The lowest BCUT2D eigenvalue weighted by Crippen LogP contribution is -2.44. The molecule has 1 aromatic rings. The fourth-order valence-corrected chi connectivity index (χ4v) is 4.38. The zero-order chi connectivity index (χ0) is 17.6. The molecule has 0 saturated carbocycles. The molecule has 5 heteroatoms. The Morgan fingerprint density at radius 1 is 1.00 bits per heavy atom. The normalized spacial score (nSPS) is 25.7.